The van der Waals surface area contributed by atoms with Crippen LogP contribution in [0.4, 0.5) is 13.2 Å². The van der Waals surface area contributed by atoms with Gasteiger partial charge in [-0.1, -0.05) is 24.6 Å². The van der Waals surface area contributed by atoms with Gasteiger partial charge in [0.05, 0.1) is 17.6 Å². The van der Waals surface area contributed by atoms with Crippen LogP contribution in [0.25, 0.3) is 11.0 Å². The number of benzene rings is 2. The molecular weight excluding hydrogens is 453 g/mol. The van der Waals surface area contributed by atoms with Crippen molar-refractivity contribution in [3.8, 4) is 5.75 Å². The molecule has 3 rings (SSSR count). The van der Waals surface area contributed by atoms with Gasteiger partial charge in [-0.25, -0.2) is 4.79 Å². The Hall–Kier alpha value is -3.56. The SMILES string of the molecule is CCCc1c(OCCCC(=O)NCc2ccc(C(=O)O)cc2C)ccc2c(C(F)(F)F)noc12. The highest BCUT2D eigenvalue weighted by atomic mass is 19.4. The van der Waals surface area contributed by atoms with E-state index in [2.05, 4.69) is 10.5 Å². The largest absolute Gasteiger partial charge is 0.493 e. The van der Waals surface area contributed by atoms with E-state index in [0.717, 1.165) is 11.1 Å². The van der Waals surface area contributed by atoms with Crippen molar-refractivity contribution >= 4 is 22.8 Å². The van der Waals surface area contributed by atoms with E-state index in [0.29, 0.717) is 30.6 Å². The highest BCUT2D eigenvalue weighted by molar-refractivity contribution is 5.88. The molecule has 3 aromatic rings. The minimum absolute atomic E-state index is 0.0636. The molecule has 7 nitrogen and oxygen atoms in total. The minimum Gasteiger partial charge on any atom is -0.493 e. The van der Waals surface area contributed by atoms with Crippen LogP contribution in [0.15, 0.2) is 34.9 Å². The molecule has 0 unspecified atom stereocenters. The zero-order chi connectivity index (χ0) is 24.9. The summed E-state index contributed by atoms with van der Waals surface area (Å²) in [6, 6.07) is 7.47. The zero-order valence-electron chi connectivity index (χ0n) is 18.8. The number of hydrogen-bond donors (Lipinski definition) is 2. The Morgan fingerprint density at radius 2 is 1.97 bits per heavy atom. The van der Waals surface area contributed by atoms with Gasteiger partial charge in [0.2, 0.25) is 5.91 Å². The molecule has 0 aliphatic heterocycles. The Kier molecular flexibility index (Phi) is 7.80. The van der Waals surface area contributed by atoms with Crippen molar-refractivity contribution in [1.29, 1.82) is 0 Å². The van der Waals surface area contributed by atoms with E-state index in [1.54, 1.807) is 19.1 Å². The van der Waals surface area contributed by atoms with Gasteiger partial charge >= 0.3 is 12.1 Å². The molecule has 182 valence electrons. The smallest absolute Gasteiger partial charge is 0.437 e. The highest BCUT2D eigenvalue weighted by Crippen LogP contribution is 2.38. The van der Waals surface area contributed by atoms with Gasteiger partial charge in [0.15, 0.2) is 11.3 Å². The molecule has 0 radical (unpaired) electrons. The molecule has 2 aromatic carbocycles. The molecule has 1 heterocycles. The third kappa shape index (κ3) is 5.86. The van der Waals surface area contributed by atoms with Crippen LogP contribution >= 0.6 is 0 Å². The first kappa shape index (κ1) is 25.1. The number of rotatable bonds is 10. The second kappa shape index (κ2) is 10.6. The molecule has 0 bridgehead atoms. The summed E-state index contributed by atoms with van der Waals surface area (Å²) in [7, 11) is 0. The topological polar surface area (TPSA) is 102 Å². The average molecular weight is 478 g/mol. The van der Waals surface area contributed by atoms with Crippen molar-refractivity contribution in [2.24, 2.45) is 0 Å². The molecule has 0 saturated carbocycles. The predicted octanol–water partition coefficient (Wildman–Crippen LogP) is 5.28. The molecule has 0 atom stereocenters. The standard InChI is InChI=1S/C24H25F3N2O5/c1-3-5-17-19(10-9-18-21(17)34-29-22(18)24(25,26)27)33-11-4-6-20(30)28-13-16-8-7-15(23(31)32)12-14(16)2/h7-10,12H,3-6,11,13H2,1-2H3,(H,28,30)(H,31,32). The van der Waals surface area contributed by atoms with Gasteiger partial charge < -0.3 is 19.7 Å². The lowest BCUT2D eigenvalue weighted by atomic mass is 10.0. The Balaban J connectivity index is 1.55. The summed E-state index contributed by atoms with van der Waals surface area (Å²) in [6.45, 7) is 4.14. The number of nitrogens with one attached hydrogen (secondary N) is 1. The van der Waals surface area contributed by atoms with Crippen LogP contribution in [0.3, 0.4) is 0 Å². The van der Waals surface area contributed by atoms with Crippen molar-refractivity contribution < 1.29 is 37.1 Å². The molecule has 0 saturated heterocycles. The lowest BCUT2D eigenvalue weighted by Gasteiger charge is -2.12. The first-order valence-corrected chi connectivity index (χ1v) is 10.8. The number of fused-ring (bicyclic) bond motifs is 1. The van der Waals surface area contributed by atoms with Crippen LogP contribution in [0.2, 0.25) is 0 Å². The lowest BCUT2D eigenvalue weighted by molar-refractivity contribution is -0.141. The van der Waals surface area contributed by atoms with Gasteiger partial charge in [-0.2, -0.15) is 13.2 Å². The van der Waals surface area contributed by atoms with Crippen molar-refractivity contribution in [2.45, 2.75) is 52.3 Å². The van der Waals surface area contributed by atoms with E-state index < -0.39 is 17.8 Å². The Morgan fingerprint density at radius 3 is 2.62 bits per heavy atom. The molecule has 10 heteroatoms. The second-order valence-corrected chi connectivity index (χ2v) is 7.87. The first-order valence-electron chi connectivity index (χ1n) is 10.8. The number of aryl methyl sites for hydroxylation is 2. The van der Waals surface area contributed by atoms with Crippen molar-refractivity contribution in [2.75, 3.05) is 6.61 Å². The summed E-state index contributed by atoms with van der Waals surface area (Å²) < 4.78 is 50.1. The summed E-state index contributed by atoms with van der Waals surface area (Å²) in [5, 5.41) is 14.9. The number of carboxylic acids is 1. The molecule has 0 aliphatic rings. The van der Waals surface area contributed by atoms with E-state index in [1.165, 1.54) is 18.2 Å². The number of nitrogens with zero attached hydrogens (tertiary/aromatic N) is 1. The third-order valence-corrected chi connectivity index (χ3v) is 5.34. The first-order chi connectivity index (χ1) is 16.1. The van der Waals surface area contributed by atoms with Gasteiger partial charge in [-0.3, -0.25) is 4.79 Å². The Bertz CT molecular complexity index is 1190. The number of ether oxygens (including phenoxy) is 1. The monoisotopic (exact) mass is 478 g/mol. The number of carbonyl (C=O) groups excluding carboxylic acids is 1. The summed E-state index contributed by atoms with van der Waals surface area (Å²) in [4.78, 5) is 23.2. The number of carboxylic acid groups (broad SMARTS) is 1. The predicted molar refractivity (Wildman–Crippen MR) is 118 cm³/mol. The highest BCUT2D eigenvalue weighted by Gasteiger charge is 2.37. The summed E-state index contributed by atoms with van der Waals surface area (Å²) in [5.41, 5.74) is 1.29. The third-order valence-electron chi connectivity index (χ3n) is 5.34. The summed E-state index contributed by atoms with van der Waals surface area (Å²) in [6.07, 6.45) is -2.89. The van der Waals surface area contributed by atoms with E-state index in [-0.39, 0.29) is 42.0 Å². The fourth-order valence-corrected chi connectivity index (χ4v) is 3.59. The number of aromatic nitrogens is 1. The van der Waals surface area contributed by atoms with Crippen molar-refractivity contribution in [3.05, 3.63) is 58.3 Å². The molecule has 1 aromatic heterocycles. The molecule has 2 N–H and O–H groups in total. The maximum absolute atomic E-state index is 13.1. The van der Waals surface area contributed by atoms with Crippen LogP contribution < -0.4 is 10.1 Å². The van der Waals surface area contributed by atoms with Gasteiger partial charge in [-0.15, -0.1) is 0 Å². The summed E-state index contributed by atoms with van der Waals surface area (Å²) in [5.74, 6) is -0.794. The van der Waals surface area contributed by atoms with Gasteiger partial charge in [0.1, 0.15) is 5.75 Å². The van der Waals surface area contributed by atoms with Crippen LogP contribution in [0.1, 0.15) is 58.9 Å². The zero-order valence-corrected chi connectivity index (χ0v) is 18.8. The number of amides is 1. The van der Waals surface area contributed by atoms with Gasteiger partial charge in [0.25, 0.3) is 0 Å². The minimum atomic E-state index is -4.61. The molecule has 0 fully saturated rings. The molecular formula is C24H25F3N2O5. The fraction of sp³-hybridized carbons (Fsp3) is 0.375. The van der Waals surface area contributed by atoms with Crippen LogP contribution in [-0.2, 0) is 23.9 Å². The number of halogens is 3. The maximum Gasteiger partial charge on any atom is 0.437 e. The molecule has 1 amide bonds. The van der Waals surface area contributed by atoms with E-state index in [1.807, 2.05) is 6.92 Å². The molecule has 0 spiro atoms. The fourth-order valence-electron chi connectivity index (χ4n) is 3.59. The van der Waals surface area contributed by atoms with Crippen molar-refractivity contribution in [1.82, 2.24) is 10.5 Å². The van der Waals surface area contributed by atoms with Crippen molar-refractivity contribution in [3.63, 3.8) is 0 Å². The van der Waals surface area contributed by atoms with E-state index >= 15 is 0 Å². The lowest BCUT2D eigenvalue weighted by Crippen LogP contribution is -2.23. The van der Waals surface area contributed by atoms with Crippen LogP contribution in [0.5, 0.6) is 5.75 Å². The Labute approximate surface area is 193 Å². The molecule has 34 heavy (non-hydrogen) atoms. The average Bonchev–Trinajstić information content (AvgIpc) is 3.22. The summed E-state index contributed by atoms with van der Waals surface area (Å²) >= 11 is 0. The van der Waals surface area contributed by atoms with Crippen LogP contribution in [0, 0.1) is 6.92 Å². The van der Waals surface area contributed by atoms with E-state index in [4.69, 9.17) is 14.4 Å². The second-order valence-electron chi connectivity index (χ2n) is 7.87. The normalized spacial score (nSPS) is 11.6. The van der Waals surface area contributed by atoms with Crippen LogP contribution in [-0.4, -0.2) is 28.7 Å². The Morgan fingerprint density at radius 1 is 1.21 bits per heavy atom. The maximum atomic E-state index is 13.1. The number of alkyl halides is 3. The van der Waals surface area contributed by atoms with Gasteiger partial charge in [0, 0.05) is 18.5 Å². The molecule has 0 aliphatic carbocycles. The quantitative estimate of drug-likeness (QED) is 0.385. The number of carbonyl (C=O) groups is 2. The van der Waals surface area contributed by atoms with Gasteiger partial charge in [-0.05, 0) is 55.2 Å². The number of hydrogen-bond acceptors (Lipinski definition) is 5. The number of aromatic carboxylic acids is 1. The van der Waals surface area contributed by atoms with E-state index in [9.17, 15) is 22.8 Å².